The molecule has 2 N–H and O–H groups in total. The second-order valence-electron chi connectivity index (χ2n) is 2.87. The molecule has 14 heavy (non-hydrogen) atoms. The maximum absolute atomic E-state index is 13.3. The fourth-order valence-electron chi connectivity index (χ4n) is 1.30. The molecule has 1 heterocycles. The minimum atomic E-state index is -1.57. The van der Waals surface area contributed by atoms with Crippen molar-refractivity contribution >= 4 is 46.6 Å². The van der Waals surface area contributed by atoms with Crippen LogP contribution < -0.4 is 5.46 Å². The predicted molar refractivity (Wildman–Crippen MR) is 58.9 cm³/mol. The number of hydrogen-bond donors (Lipinski definition) is 3. The van der Waals surface area contributed by atoms with E-state index in [-0.39, 0.29) is 5.82 Å². The Bertz CT molecular complexity index is 483. The monoisotopic (exact) mass is 228 g/mol. The summed E-state index contributed by atoms with van der Waals surface area (Å²) in [5, 5.41) is 20.1. The predicted octanol–water partition coefficient (Wildman–Crippen LogP) is 1.01. The highest BCUT2D eigenvalue weighted by Gasteiger charge is 2.18. The largest absolute Gasteiger partial charge is 0.489 e. The molecule has 1 aromatic carbocycles. The molecule has 0 unspecified atom stereocenters. The first-order valence-electron chi connectivity index (χ1n) is 3.85. The van der Waals surface area contributed by atoms with Gasteiger partial charge >= 0.3 is 7.12 Å². The Morgan fingerprint density at radius 3 is 2.71 bits per heavy atom. The van der Waals surface area contributed by atoms with Crippen molar-refractivity contribution in [3.63, 3.8) is 0 Å². The highest BCUT2D eigenvalue weighted by molar-refractivity contribution is 7.80. The normalized spacial score (nSPS) is 10.9. The zero-order chi connectivity index (χ0) is 10.3. The van der Waals surface area contributed by atoms with E-state index < -0.39 is 7.12 Å². The van der Waals surface area contributed by atoms with Crippen LogP contribution in [0.25, 0.3) is 10.1 Å². The standard InChI is InChI=1S/C8H6BFO2S2/c10-7-2-4(13)1-5-6(9(11)12)3-14-8(5)7/h1-3,11-13H. The van der Waals surface area contributed by atoms with E-state index in [1.165, 1.54) is 11.4 Å². The first kappa shape index (κ1) is 9.98. The van der Waals surface area contributed by atoms with E-state index in [2.05, 4.69) is 12.6 Å². The molecule has 1 aromatic heterocycles. The van der Waals surface area contributed by atoms with Crippen LogP contribution >= 0.6 is 24.0 Å². The zero-order valence-electron chi connectivity index (χ0n) is 6.94. The van der Waals surface area contributed by atoms with Gasteiger partial charge in [0.05, 0.1) is 4.70 Å². The number of thiophene rings is 1. The Kier molecular flexibility index (Phi) is 2.53. The molecule has 2 nitrogen and oxygen atoms in total. The molecule has 0 atom stereocenters. The zero-order valence-corrected chi connectivity index (χ0v) is 8.65. The molecular weight excluding hydrogens is 222 g/mol. The van der Waals surface area contributed by atoms with Crippen LogP contribution in [-0.4, -0.2) is 17.2 Å². The lowest BCUT2D eigenvalue weighted by Crippen LogP contribution is -2.28. The summed E-state index contributed by atoms with van der Waals surface area (Å²) in [5.41, 5.74) is 0.319. The second kappa shape index (κ2) is 3.54. The number of benzene rings is 1. The lowest BCUT2D eigenvalue weighted by atomic mass is 9.80. The van der Waals surface area contributed by atoms with E-state index in [4.69, 9.17) is 10.0 Å². The van der Waals surface area contributed by atoms with Crippen molar-refractivity contribution in [1.82, 2.24) is 0 Å². The SMILES string of the molecule is OB(O)c1csc2c(F)cc(S)cc12. The maximum Gasteiger partial charge on any atom is 0.489 e. The third-order valence-corrected chi connectivity index (χ3v) is 3.20. The van der Waals surface area contributed by atoms with Gasteiger partial charge in [0.25, 0.3) is 0 Å². The minimum absolute atomic E-state index is 0.319. The minimum Gasteiger partial charge on any atom is -0.423 e. The Balaban J connectivity index is 2.78. The molecule has 0 spiro atoms. The van der Waals surface area contributed by atoms with E-state index in [0.29, 0.717) is 20.4 Å². The van der Waals surface area contributed by atoms with Crippen LogP contribution in [0.15, 0.2) is 22.4 Å². The third-order valence-electron chi connectivity index (χ3n) is 1.92. The van der Waals surface area contributed by atoms with Crippen LogP contribution in [0.3, 0.4) is 0 Å². The Morgan fingerprint density at radius 2 is 2.07 bits per heavy atom. The van der Waals surface area contributed by atoms with Gasteiger partial charge in [-0.3, -0.25) is 0 Å². The molecule has 0 amide bonds. The summed E-state index contributed by atoms with van der Waals surface area (Å²) in [6, 6.07) is 2.92. The van der Waals surface area contributed by atoms with Gasteiger partial charge in [0.15, 0.2) is 0 Å². The van der Waals surface area contributed by atoms with Crippen LogP contribution in [0, 0.1) is 5.82 Å². The average Bonchev–Trinajstić information content (AvgIpc) is 2.47. The van der Waals surface area contributed by atoms with E-state index in [1.54, 1.807) is 6.07 Å². The van der Waals surface area contributed by atoms with Crippen molar-refractivity contribution in [2.45, 2.75) is 4.90 Å². The number of hydrogen-bond acceptors (Lipinski definition) is 4. The van der Waals surface area contributed by atoms with Gasteiger partial charge in [0, 0.05) is 10.4 Å². The van der Waals surface area contributed by atoms with Gasteiger partial charge in [-0.2, -0.15) is 0 Å². The van der Waals surface area contributed by atoms with Crippen molar-refractivity contribution in [1.29, 1.82) is 0 Å². The highest BCUT2D eigenvalue weighted by Crippen LogP contribution is 2.25. The summed E-state index contributed by atoms with van der Waals surface area (Å²) in [6.45, 7) is 0. The summed E-state index contributed by atoms with van der Waals surface area (Å²) in [6.07, 6.45) is 0. The quantitative estimate of drug-likeness (QED) is 0.503. The van der Waals surface area contributed by atoms with Gasteiger partial charge < -0.3 is 10.0 Å². The summed E-state index contributed by atoms with van der Waals surface area (Å²) < 4.78 is 13.7. The lowest BCUT2D eigenvalue weighted by molar-refractivity contribution is 0.426. The molecule has 0 saturated heterocycles. The van der Waals surface area contributed by atoms with Gasteiger partial charge in [0.1, 0.15) is 5.82 Å². The molecular formula is C8H6BFO2S2. The lowest BCUT2D eigenvalue weighted by Gasteiger charge is -1.98. The molecule has 0 fully saturated rings. The van der Waals surface area contributed by atoms with Crippen molar-refractivity contribution in [3.05, 3.63) is 23.3 Å². The molecule has 2 aromatic rings. The molecule has 0 bridgehead atoms. The first-order valence-corrected chi connectivity index (χ1v) is 5.18. The van der Waals surface area contributed by atoms with E-state index >= 15 is 0 Å². The summed E-state index contributed by atoms with van der Waals surface area (Å²) >= 11 is 5.17. The van der Waals surface area contributed by atoms with Crippen molar-refractivity contribution in [2.75, 3.05) is 0 Å². The van der Waals surface area contributed by atoms with Gasteiger partial charge in [-0.25, -0.2) is 4.39 Å². The molecule has 0 aliphatic heterocycles. The van der Waals surface area contributed by atoms with Crippen molar-refractivity contribution in [2.24, 2.45) is 0 Å². The van der Waals surface area contributed by atoms with Gasteiger partial charge in [-0.1, -0.05) is 0 Å². The average molecular weight is 228 g/mol. The second-order valence-corrected chi connectivity index (χ2v) is 4.27. The fraction of sp³-hybridized carbons (Fsp3) is 0. The van der Waals surface area contributed by atoms with Gasteiger partial charge in [-0.15, -0.1) is 24.0 Å². The van der Waals surface area contributed by atoms with Crippen molar-refractivity contribution in [3.8, 4) is 0 Å². The molecule has 0 aliphatic rings. The van der Waals surface area contributed by atoms with E-state index in [1.807, 2.05) is 0 Å². The van der Waals surface area contributed by atoms with Gasteiger partial charge in [-0.05, 0) is 22.9 Å². The summed E-state index contributed by atoms with van der Waals surface area (Å²) in [7, 11) is -1.57. The van der Waals surface area contributed by atoms with Crippen LogP contribution in [0.2, 0.25) is 0 Å². The number of halogens is 1. The highest BCUT2D eigenvalue weighted by atomic mass is 32.1. The number of thiol groups is 1. The maximum atomic E-state index is 13.3. The molecule has 72 valence electrons. The fourth-order valence-corrected chi connectivity index (χ4v) is 2.51. The Hall–Kier alpha value is -0.555. The molecule has 6 heteroatoms. The Labute approximate surface area is 89.6 Å². The molecule has 0 saturated carbocycles. The van der Waals surface area contributed by atoms with Crippen LogP contribution in [0.1, 0.15) is 0 Å². The van der Waals surface area contributed by atoms with Gasteiger partial charge in [0.2, 0.25) is 0 Å². The van der Waals surface area contributed by atoms with Crippen LogP contribution in [0.4, 0.5) is 4.39 Å². The third kappa shape index (κ3) is 1.54. The molecule has 2 rings (SSSR count). The molecule has 0 radical (unpaired) electrons. The number of rotatable bonds is 1. The van der Waals surface area contributed by atoms with Crippen LogP contribution in [0.5, 0.6) is 0 Å². The smallest absolute Gasteiger partial charge is 0.423 e. The summed E-state index contributed by atoms with van der Waals surface area (Å²) in [5.74, 6) is -0.385. The molecule has 0 aliphatic carbocycles. The van der Waals surface area contributed by atoms with Crippen molar-refractivity contribution < 1.29 is 14.4 Å². The first-order chi connectivity index (χ1) is 6.59. The topological polar surface area (TPSA) is 40.5 Å². The van der Waals surface area contributed by atoms with E-state index in [0.717, 1.165) is 11.3 Å². The summed E-state index contributed by atoms with van der Waals surface area (Å²) in [4.78, 5) is 0.468. The Morgan fingerprint density at radius 1 is 1.36 bits per heavy atom. The van der Waals surface area contributed by atoms with Crippen LogP contribution in [-0.2, 0) is 0 Å². The number of fused-ring (bicyclic) bond motifs is 1. The van der Waals surface area contributed by atoms with E-state index in [9.17, 15) is 4.39 Å².